The largest absolute Gasteiger partial charge is 0.253 e. The molecule has 0 N–H and O–H groups in total. The van der Waals surface area contributed by atoms with Gasteiger partial charge in [0.2, 0.25) is 0 Å². The summed E-state index contributed by atoms with van der Waals surface area (Å²) in [4.78, 5) is 4.59. The molecule has 0 spiro atoms. The third-order valence-electron chi connectivity index (χ3n) is 2.57. The van der Waals surface area contributed by atoms with Crippen molar-refractivity contribution in [2.45, 2.75) is 20.3 Å². The highest BCUT2D eigenvalue weighted by atomic mass is 14.7. The molecule has 1 nitrogen and oxygen atoms in total. The number of aryl methyl sites for hydroxylation is 1. The van der Waals surface area contributed by atoms with Crippen molar-refractivity contribution in [1.82, 2.24) is 0 Å². The first kappa shape index (κ1) is 9.91. The van der Waals surface area contributed by atoms with Gasteiger partial charge in [0.15, 0.2) is 0 Å². The maximum atomic E-state index is 4.59. The maximum absolute atomic E-state index is 4.59. The Hall–Kier alpha value is -1.63. The number of rotatable bonds is 2. The topological polar surface area (TPSA) is 12.4 Å². The molecule has 76 valence electrons. The van der Waals surface area contributed by atoms with Gasteiger partial charge in [0.1, 0.15) is 0 Å². The van der Waals surface area contributed by atoms with Gasteiger partial charge >= 0.3 is 0 Å². The molecule has 0 atom stereocenters. The van der Waals surface area contributed by atoms with Crippen molar-refractivity contribution in [2.24, 2.45) is 4.99 Å². The molecule has 1 aliphatic carbocycles. The highest BCUT2D eigenvalue weighted by molar-refractivity contribution is 6.00. The molecule has 2 rings (SSSR count). The molecule has 0 bridgehead atoms. The van der Waals surface area contributed by atoms with Crippen LogP contribution in [0.15, 0.2) is 53.1 Å². The monoisotopic (exact) mass is 197 g/mol. The molecule has 0 unspecified atom stereocenters. The smallest absolute Gasteiger partial charge is 0.0633 e. The van der Waals surface area contributed by atoms with E-state index in [1.807, 2.05) is 0 Å². The minimum absolute atomic E-state index is 1.02. The van der Waals surface area contributed by atoms with Crippen molar-refractivity contribution in [1.29, 1.82) is 0 Å². The van der Waals surface area contributed by atoms with Crippen LogP contribution in [0.2, 0.25) is 0 Å². The number of hydrogen-bond acceptors (Lipinski definition) is 1. The summed E-state index contributed by atoms with van der Waals surface area (Å²) in [6.45, 7) is 4.16. The van der Waals surface area contributed by atoms with E-state index >= 15 is 0 Å². The zero-order valence-corrected chi connectivity index (χ0v) is 9.20. The van der Waals surface area contributed by atoms with Crippen LogP contribution in [0.5, 0.6) is 0 Å². The average molecular weight is 197 g/mol. The molecule has 0 saturated heterocycles. The summed E-state index contributed by atoms with van der Waals surface area (Å²) >= 11 is 0. The molecule has 0 aliphatic heterocycles. The van der Waals surface area contributed by atoms with E-state index in [4.69, 9.17) is 0 Å². The van der Waals surface area contributed by atoms with Gasteiger partial charge in [0, 0.05) is 5.71 Å². The SMILES string of the molecule is CC(=Nc1ccc(C)cc1)C1=CC=CC1. The van der Waals surface area contributed by atoms with Crippen molar-refractivity contribution < 1.29 is 0 Å². The van der Waals surface area contributed by atoms with Crippen LogP contribution >= 0.6 is 0 Å². The Kier molecular flexibility index (Phi) is 2.82. The van der Waals surface area contributed by atoms with Crippen LogP contribution in [0.4, 0.5) is 5.69 Å². The van der Waals surface area contributed by atoms with Crippen molar-refractivity contribution in [2.75, 3.05) is 0 Å². The molecule has 0 amide bonds. The predicted octanol–water partition coefficient (Wildman–Crippen LogP) is 3.97. The van der Waals surface area contributed by atoms with Crippen molar-refractivity contribution in [3.8, 4) is 0 Å². The third kappa shape index (κ3) is 2.44. The van der Waals surface area contributed by atoms with E-state index in [9.17, 15) is 0 Å². The fraction of sp³-hybridized carbons (Fsp3) is 0.214. The van der Waals surface area contributed by atoms with E-state index in [-0.39, 0.29) is 0 Å². The molecular weight excluding hydrogens is 182 g/mol. The Morgan fingerprint density at radius 2 is 1.93 bits per heavy atom. The zero-order valence-electron chi connectivity index (χ0n) is 9.20. The lowest BCUT2D eigenvalue weighted by Gasteiger charge is -2.01. The fourth-order valence-corrected chi connectivity index (χ4v) is 1.60. The van der Waals surface area contributed by atoms with Gasteiger partial charge in [-0.3, -0.25) is 4.99 Å². The van der Waals surface area contributed by atoms with Crippen molar-refractivity contribution >= 4 is 11.4 Å². The summed E-state index contributed by atoms with van der Waals surface area (Å²) in [5.74, 6) is 0. The minimum atomic E-state index is 1.02. The van der Waals surface area contributed by atoms with Crippen LogP contribution in [-0.4, -0.2) is 5.71 Å². The Bertz CT molecular complexity index is 433. The van der Waals surface area contributed by atoms with E-state index in [1.165, 1.54) is 11.1 Å². The third-order valence-corrected chi connectivity index (χ3v) is 2.57. The first-order chi connectivity index (χ1) is 7.25. The minimum Gasteiger partial charge on any atom is -0.253 e. The Balaban J connectivity index is 2.19. The van der Waals surface area contributed by atoms with Gasteiger partial charge < -0.3 is 0 Å². The molecule has 0 fully saturated rings. The lowest BCUT2D eigenvalue weighted by molar-refractivity contribution is 1.33. The van der Waals surface area contributed by atoms with E-state index < -0.39 is 0 Å². The second-order valence-electron chi connectivity index (χ2n) is 3.86. The van der Waals surface area contributed by atoms with Crippen molar-refractivity contribution in [3.63, 3.8) is 0 Å². The first-order valence-electron chi connectivity index (χ1n) is 5.24. The number of benzene rings is 1. The number of nitrogens with zero attached hydrogens (tertiary/aromatic N) is 1. The summed E-state index contributed by atoms with van der Waals surface area (Å²) in [7, 11) is 0. The average Bonchev–Trinajstić information content (AvgIpc) is 2.74. The van der Waals surface area contributed by atoms with Crippen LogP contribution < -0.4 is 0 Å². The molecule has 1 aliphatic rings. The molecule has 0 aromatic heterocycles. The van der Waals surface area contributed by atoms with Gasteiger partial charge in [0.25, 0.3) is 0 Å². The highest BCUT2D eigenvalue weighted by Crippen LogP contribution is 2.18. The quantitative estimate of drug-likeness (QED) is 0.636. The molecular formula is C14H15N. The standard InChI is InChI=1S/C14H15N/c1-11-7-9-14(10-8-11)15-12(2)13-5-3-4-6-13/h3-5,7-10H,6H2,1-2H3. The molecule has 1 aromatic carbocycles. The molecule has 1 heteroatoms. The molecule has 1 aromatic rings. The lowest BCUT2D eigenvalue weighted by atomic mass is 10.1. The highest BCUT2D eigenvalue weighted by Gasteiger charge is 2.02. The Morgan fingerprint density at radius 3 is 2.53 bits per heavy atom. The number of hydrogen-bond donors (Lipinski definition) is 0. The van der Waals surface area contributed by atoms with Gasteiger partial charge in [-0.25, -0.2) is 0 Å². The predicted molar refractivity (Wildman–Crippen MR) is 65.8 cm³/mol. The normalized spacial score (nSPS) is 15.6. The maximum Gasteiger partial charge on any atom is 0.0633 e. The zero-order chi connectivity index (χ0) is 10.7. The van der Waals surface area contributed by atoms with Crippen LogP contribution in [0, 0.1) is 6.92 Å². The summed E-state index contributed by atoms with van der Waals surface area (Å²) in [5, 5.41) is 0. The van der Waals surface area contributed by atoms with Gasteiger partial charge in [-0.15, -0.1) is 0 Å². The molecule has 15 heavy (non-hydrogen) atoms. The van der Waals surface area contributed by atoms with Crippen molar-refractivity contribution in [3.05, 3.63) is 53.6 Å². The summed E-state index contributed by atoms with van der Waals surface area (Å²) in [5.41, 5.74) is 4.73. The van der Waals surface area contributed by atoms with Gasteiger partial charge in [-0.2, -0.15) is 0 Å². The Labute approximate surface area is 90.9 Å². The second-order valence-corrected chi connectivity index (χ2v) is 3.86. The fourth-order valence-electron chi connectivity index (χ4n) is 1.60. The summed E-state index contributed by atoms with van der Waals surface area (Å²) < 4.78 is 0. The summed E-state index contributed by atoms with van der Waals surface area (Å²) in [6.07, 6.45) is 7.39. The molecule has 0 radical (unpaired) electrons. The van der Waals surface area contributed by atoms with Crippen LogP contribution in [0.1, 0.15) is 18.9 Å². The molecule has 0 heterocycles. The van der Waals surface area contributed by atoms with E-state index in [1.54, 1.807) is 0 Å². The van der Waals surface area contributed by atoms with Gasteiger partial charge in [-0.05, 0) is 38.0 Å². The molecule has 0 saturated carbocycles. The van der Waals surface area contributed by atoms with Crippen LogP contribution in [-0.2, 0) is 0 Å². The number of aliphatic imine (C=N–C) groups is 1. The van der Waals surface area contributed by atoms with Crippen LogP contribution in [0.25, 0.3) is 0 Å². The number of allylic oxidation sites excluding steroid dienone is 4. The first-order valence-corrected chi connectivity index (χ1v) is 5.24. The second kappa shape index (κ2) is 4.26. The van der Waals surface area contributed by atoms with E-state index in [2.05, 4.69) is 61.3 Å². The van der Waals surface area contributed by atoms with Crippen LogP contribution in [0.3, 0.4) is 0 Å². The lowest BCUT2D eigenvalue weighted by Crippen LogP contribution is -1.93. The van der Waals surface area contributed by atoms with E-state index in [0.29, 0.717) is 0 Å². The summed E-state index contributed by atoms with van der Waals surface area (Å²) in [6, 6.07) is 8.30. The Morgan fingerprint density at radius 1 is 1.20 bits per heavy atom. The van der Waals surface area contributed by atoms with Gasteiger partial charge in [0.05, 0.1) is 5.69 Å². The van der Waals surface area contributed by atoms with Gasteiger partial charge in [-0.1, -0.05) is 35.9 Å². The van der Waals surface area contributed by atoms with E-state index in [0.717, 1.165) is 17.8 Å².